The molecule has 2 rings (SSSR count). The Morgan fingerprint density at radius 1 is 1.12 bits per heavy atom. The van der Waals surface area contributed by atoms with Crippen LogP contribution in [0.25, 0.3) is 0 Å². The van der Waals surface area contributed by atoms with Crippen LogP contribution in [-0.4, -0.2) is 62.2 Å². The van der Waals surface area contributed by atoms with Crippen LogP contribution in [0.1, 0.15) is 32.6 Å². The lowest BCUT2D eigenvalue weighted by atomic mass is 10.1. The molecule has 0 amide bonds. The summed E-state index contributed by atoms with van der Waals surface area (Å²) < 4.78 is 0. The number of likely N-dealkylation sites (N-methyl/N-ethyl adjacent to an activating group) is 1. The summed E-state index contributed by atoms with van der Waals surface area (Å²) in [5.41, 5.74) is 0. The third-order valence-electron chi connectivity index (χ3n) is 4.37. The van der Waals surface area contributed by atoms with Crippen LogP contribution >= 0.6 is 0 Å². The molecule has 0 radical (unpaired) electrons. The first-order valence-corrected chi connectivity index (χ1v) is 7.38. The van der Waals surface area contributed by atoms with Crippen LogP contribution in [0.2, 0.25) is 0 Å². The van der Waals surface area contributed by atoms with E-state index in [9.17, 15) is 0 Å². The molecule has 2 unspecified atom stereocenters. The molecule has 0 aromatic heterocycles. The second-order valence-corrected chi connectivity index (χ2v) is 6.07. The van der Waals surface area contributed by atoms with Crippen molar-refractivity contribution in [2.24, 2.45) is 5.92 Å². The first-order chi connectivity index (χ1) is 8.24. The highest BCUT2D eigenvalue weighted by Crippen LogP contribution is 2.24. The van der Waals surface area contributed by atoms with Gasteiger partial charge in [0, 0.05) is 32.2 Å². The number of hydrogen-bond acceptors (Lipinski definition) is 3. The smallest absolute Gasteiger partial charge is 0.0110 e. The summed E-state index contributed by atoms with van der Waals surface area (Å²) in [5, 5.41) is 3.72. The highest BCUT2D eigenvalue weighted by Gasteiger charge is 2.20. The van der Waals surface area contributed by atoms with Gasteiger partial charge in [0.25, 0.3) is 0 Å². The monoisotopic (exact) mass is 239 g/mol. The van der Waals surface area contributed by atoms with Crippen molar-refractivity contribution in [1.82, 2.24) is 15.1 Å². The molecule has 1 saturated carbocycles. The Hall–Kier alpha value is -0.120. The topological polar surface area (TPSA) is 18.5 Å². The third-order valence-corrected chi connectivity index (χ3v) is 4.37. The van der Waals surface area contributed by atoms with Gasteiger partial charge in [0.15, 0.2) is 0 Å². The lowest BCUT2D eigenvalue weighted by Gasteiger charge is -2.32. The van der Waals surface area contributed by atoms with E-state index in [0.717, 1.165) is 12.0 Å². The zero-order valence-electron chi connectivity index (χ0n) is 11.6. The minimum Gasteiger partial charge on any atom is -0.314 e. The van der Waals surface area contributed by atoms with Gasteiger partial charge < -0.3 is 15.1 Å². The minimum atomic E-state index is 0.817. The van der Waals surface area contributed by atoms with Crippen molar-refractivity contribution in [3.05, 3.63) is 0 Å². The van der Waals surface area contributed by atoms with E-state index < -0.39 is 0 Å². The molecular formula is C14H29N3. The fourth-order valence-electron chi connectivity index (χ4n) is 3.07. The molecule has 0 spiro atoms. The molecule has 3 heteroatoms. The maximum Gasteiger partial charge on any atom is 0.0110 e. The van der Waals surface area contributed by atoms with E-state index in [1.807, 2.05) is 0 Å². The Bertz CT molecular complexity index is 212. The van der Waals surface area contributed by atoms with E-state index in [1.54, 1.807) is 0 Å². The van der Waals surface area contributed by atoms with Crippen molar-refractivity contribution < 1.29 is 0 Å². The quantitative estimate of drug-likeness (QED) is 0.732. The summed E-state index contributed by atoms with van der Waals surface area (Å²) >= 11 is 0. The summed E-state index contributed by atoms with van der Waals surface area (Å²) in [6.07, 6.45) is 5.54. The van der Waals surface area contributed by atoms with Crippen LogP contribution in [0.5, 0.6) is 0 Å². The Morgan fingerprint density at radius 3 is 2.53 bits per heavy atom. The Balaban J connectivity index is 1.49. The second kappa shape index (κ2) is 6.72. The van der Waals surface area contributed by atoms with Crippen molar-refractivity contribution >= 4 is 0 Å². The number of nitrogens with zero attached hydrogens (tertiary/aromatic N) is 2. The molecule has 3 nitrogen and oxygen atoms in total. The van der Waals surface area contributed by atoms with Crippen LogP contribution in [0.4, 0.5) is 0 Å². The van der Waals surface area contributed by atoms with Gasteiger partial charge in [-0.3, -0.25) is 0 Å². The SMILES string of the molecule is CC1CCC(NCCCN2CCN(C)CC2)C1. The van der Waals surface area contributed by atoms with Crippen molar-refractivity contribution in [3.8, 4) is 0 Å². The molecule has 2 atom stereocenters. The first-order valence-electron chi connectivity index (χ1n) is 7.38. The summed E-state index contributed by atoms with van der Waals surface area (Å²) in [6.45, 7) is 9.88. The molecule has 0 aromatic rings. The summed E-state index contributed by atoms with van der Waals surface area (Å²) in [5.74, 6) is 0.949. The van der Waals surface area contributed by atoms with E-state index in [2.05, 4.69) is 29.1 Å². The zero-order valence-corrected chi connectivity index (χ0v) is 11.6. The van der Waals surface area contributed by atoms with Crippen LogP contribution in [0.3, 0.4) is 0 Å². The maximum absolute atomic E-state index is 3.72. The average molecular weight is 239 g/mol. The van der Waals surface area contributed by atoms with Gasteiger partial charge in [-0.15, -0.1) is 0 Å². The Kier molecular flexibility index (Phi) is 5.26. The Morgan fingerprint density at radius 2 is 1.88 bits per heavy atom. The van der Waals surface area contributed by atoms with Gasteiger partial charge in [-0.2, -0.15) is 0 Å². The highest BCUT2D eigenvalue weighted by atomic mass is 15.2. The predicted molar refractivity (Wildman–Crippen MR) is 73.4 cm³/mol. The minimum absolute atomic E-state index is 0.817. The fraction of sp³-hybridized carbons (Fsp3) is 1.00. The van der Waals surface area contributed by atoms with Crippen molar-refractivity contribution in [2.75, 3.05) is 46.3 Å². The number of rotatable bonds is 5. The molecule has 1 saturated heterocycles. The molecule has 100 valence electrons. The number of hydrogen-bond donors (Lipinski definition) is 1. The van der Waals surface area contributed by atoms with Crippen LogP contribution < -0.4 is 5.32 Å². The molecule has 0 aromatic carbocycles. The Labute approximate surface area is 107 Å². The average Bonchev–Trinajstić information content (AvgIpc) is 2.73. The van der Waals surface area contributed by atoms with E-state index in [1.165, 1.54) is 65.0 Å². The van der Waals surface area contributed by atoms with E-state index in [-0.39, 0.29) is 0 Å². The maximum atomic E-state index is 3.72. The number of nitrogens with one attached hydrogen (secondary N) is 1. The molecule has 1 N–H and O–H groups in total. The molecule has 1 heterocycles. The van der Waals surface area contributed by atoms with Gasteiger partial charge in [-0.05, 0) is 51.7 Å². The molecule has 2 fully saturated rings. The van der Waals surface area contributed by atoms with E-state index in [0.29, 0.717) is 0 Å². The van der Waals surface area contributed by atoms with E-state index >= 15 is 0 Å². The summed E-state index contributed by atoms with van der Waals surface area (Å²) in [7, 11) is 2.22. The largest absolute Gasteiger partial charge is 0.314 e. The van der Waals surface area contributed by atoms with Gasteiger partial charge in [0.2, 0.25) is 0 Å². The molecular weight excluding hydrogens is 210 g/mol. The lowest BCUT2D eigenvalue weighted by molar-refractivity contribution is 0.152. The van der Waals surface area contributed by atoms with Crippen LogP contribution in [0, 0.1) is 5.92 Å². The van der Waals surface area contributed by atoms with Crippen LogP contribution in [0.15, 0.2) is 0 Å². The fourth-order valence-corrected chi connectivity index (χ4v) is 3.07. The zero-order chi connectivity index (χ0) is 12.1. The van der Waals surface area contributed by atoms with Gasteiger partial charge in [-0.25, -0.2) is 0 Å². The summed E-state index contributed by atoms with van der Waals surface area (Å²) in [6, 6.07) is 0.817. The second-order valence-electron chi connectivity index (χ2n) is 6.07. The lowest BCUT2D eigenvalue weighted by Crippen LogP contribution is -2.45. The normalized spacial score (nSPS) is 32.1. The summed E-state index contributed by atoms with van der Waals surface area (Å²) in [4.78, 5) is 5.04. The van der Waals surface area contributed by atoms with Gasteiger partial charge >= 0.3 is 0 Å². The van der Waals surface area contributed by atoms with Crippen LogP contribution in [-0.2, 0) is 0 Å². The van der Waals surface area contributed by atoms with Gasteiger partial charge in [-0.1, -0.05) is 6.92 Å². The van der Waals surface area contributed by atoms with Gasteiger partial charge in [0.05, 0.1) is 0 Å². The van der Waals surface area contributed by atoms with Crippen molar-refractivity contribution in [1.29, 1.82) is 0 Å². The molecule has 17 heavy (non-hydrogen) atoms. The number of piperazine rings is 1. The molecule has 2 aliphatic rings. The predicted octanol–water partition coefficient (Wildman–Crippen LogP) is 1.40. The molecule has 0 bridgehead atoms. The van der Waals surface area contributed by atoms with E-state index in [4.69, 9.17) is 0 Å². The first kappa shape index (κ1) is 13.3. The highest BCUT2D eigenvalue weighted by molar-refractivity contribution is 4.78. The third kappa shape index (κ3) is 4.57. The van der Waals surface area contributed by atoms with Crippen molar-refractivity contribution in [3.63, 3.8) is 0 Å². The van der Waals surface area contributed by atoms with Gasteiger partial charge in [0.1, 0.15) is 0 Å². The molecule has 1 aliphatic heterocycles. The standard InChI is InChI=1S/C14H29N3/c1-13-4-5-14(12-13)15-6-3-7-17-10-8-16(2)9-11-17/h13-15H,3-12H2,1-2H3. The van der Waals surface area contributed by atoms with Crippen molar-refractivity contribution in [2.45, 2.75) is 38.6 Å². The molecule has 1 aliphatic carbocycles.